The first-order chi connectivity index (χ1) is 6.56. The molecule has 2 N–H and O–H groups in total. The Labute approximate surface area is 92.2 Å². The van der Waals surface area contributed by atoms with Crippen molar-refractivity contribution in [1.29, 1.82) is 0 Å². The van der Waals surface area contributed by atoms with E-state index in [4.69, 9.17) is 5.73 Å². The van der Waals surface area contributed by atoms with Gasteiger partial charge in [0.2, 0.25) is 0 Å². The third-order valence-corrected chi connectivity index (χ3v) is 1.84. The summed E-state index contributed by atoms with van der Waals surface area (Å²) < 4.78 is 38.6. The van der Waals surface area contributed by atoms with Gasteiger partial charge in [0.15, 0.2) is 11.6 Å². The molecule has 0 spiro atoms. The summed E-state index contributed by atoms with van der Waals surface area (Å²) in [6.07, 6.45) is 1.73. The molecule has 0 aliphatic carbocycles. The minimum absolute atomic E-state index is 0. The molecule has 0 amide bonds. The van der Waals surface area contributed by atoms with Crippen LogP contribution in [-0.4, -0.2) is 0 Å². The van der Waals surface area contributed by atoms with Crippen LogP contribution in [0.2, 0.25) is 0 Å². The first-order valence-corrected chi connectivity index (χ1v) is 4.07. The molecule has 0 fully saturated rings. The van der Waals surface area contributed by atoms with E-state index in [0.717, 1.165) is 6.07 Å². The van der Waals surface area contributed by atoms with Gasteiger partial charge in [-0.15, -0.1) is 19.0 Å². The standard InChI is InChI=1S/C10H10F3N.ClH/c1-2-3-9(14)7-4-6(11)5-8(12)10(7)13;/h2,4-5,9H,1,3,14H2;1H/t9-;/m0./s1. The van der Waals surface area contributed by atoms with Crippen LogP contribution in [0, 0.1) is 17.5 Å². The molecule has 5 heteroatoms. The summed E-state index contributed by atoms with van der Waals surface area (Å²) in [6.45, 7) is 3.41. The van der Waals surface area contributed by atoms with Crippen LogP contribution in [0.1, 0.15) is 18.0 Å². The molecule has 1 aromatic rings. The lowest BCUT2D eigenvalue weighted by molar-refractivity contribution is 0.475. The van der Waals surface area contributed by atoms with E-state index in [9.17, 15) is 13.2 Å². The predicted molar refractivity (Wildman–Crippen MR) is 55.3 cm³/mol. The van der Waals surface area contributed by atoms with Crippen molar-refractivity contribution in [2.45, 2.75) is 12.5 Å². The highest BCUT2D eigenvalue weighted by Gasteiger charge is 2.15. The number of hydrogen-bond donors (Lipinski definition) is 1. The fourth-order valence-corrected chi connectivity index (χ4v) is 1.15. The van der Waals surface area contributed by atoms with E-state index in [2.05, 4.69) is 6.58 Å². The van der Waals surface area contributed by atoms with Crippen molar-refractivity contribution in [3.8, 4) is 0 Å². The summed E-state index contributed by atoms with van der Waals surface area (Å²) in [4.78, 5) is 0. The molecule has 15 heavy (non-hydrogen) atoms. The molecule has 0 heterocycles. The maximum Gasteiger partial charge on any atom is 0.163 e. The van der Waals surface area contributed by atoms with Gasteiger partial charge >= 0.3 is 0 Å². The van der Waals surface area contributed by atoms with Crippen molar-refractivity contribution in [2.75, 3.05) is 0 Å². The largest absolute Gasteiger partial charge is 0.324 e. The van der Waals surface area contributed by atoms with E-state index in [-0.39, 0.29) is 24.4 Å². The second-order valence-corrected chi connectivity index (χ2v) is 2.92. The Morgan fingerprint density at radius 2 is 1.93 bits per heavy atom. The Hall–Kier alpha value is -1.00. The number of nitrogens with two attached hydrogens (primary N) is 1. The number of hydrogen-bond acceptors (Lipinski definition) is 1. The maximum atomic E-state index is 13.1. The first-order valence-electron chi connectivity index (χ1n) is 4.07. The lowest BCUT2D eigenvalue weighted by atomic mass is 10.0. The highest BCUT2D eigenvalue weighted by Crippen LogP contribution is 2.21. The maximum absolute atomic E-state index is 13.1. The molecule has 0 radical (unpaired) electrons. The van der Waals surface area contributed by atoms with Gasteiger partial charge in [-0.25, -0.2) is 13.2 Å². The zero-order valence-corrected chi connectivity index (χ0v) is 8.66. The number of rotatable bonds is 3. The molecule has 0 saturated heterocycles. The van der Waals surface area contributed by atoms with Gasteiger partial charge in [0.25, 0.3) is 0 Å². The van der Waals surface area contributed by atoms with Gasteiger partial charge < -0.3 is 5.73 Å². The molecule has 1 atom stereocenters. The first kappa shape index (κ1) is 14.0. The molecule has 0 bridgehead atoms. The summed E-state index contributed by atoms with van der Waals surface area (Å²) in [6, 6.07) is 0.615. The molecular weight excluding hydrogens is 227 g/mol. The Balaban J connectivity index is 0.00000196. The zero-order valence-electron chi connectivity index (χ0n) is 7.84. The van der Waals surface area contributed by atoms with Crippen LogP contribution in [-0.2, 0) is 0 Å². The SMILES string of the molecule is C=CC[C@H](N)c1cc(F)cc(F)c1F.Cl. The van der Waals surface area contributed by atoms with Crippen LogP contribution in [0.4, 0.5) is 13.2 Å². The minimum atomic E-state index is -1.22. The predicted octanol–water partition coefficient (Wildman–Crippen LogP) is 3.10. The summed E-state index contributed by atoms with van der Waals surface area (Å²) in [5.41, 5.74) is 5.34. The number of halogens is 4. The number of benzene rings is 1. The Morgan fingerprint density at radius 1 is 1.33 bits per heavy atom. The second-order valence-electron chi connectivity index (χ2n) is 2.92. The Bertz CT molecular complexity index is 355. The summed E-state index contributed by atoms with van der Waals surface area (Å²) in [5.74, 6) is -3.15. The average molecular weight is 238 g/mol. The lowest BCUT2D eigenvalue weighted by Crippen LogP contribution is -2.12. The topological polar surface area (TPSA) is 26.0 Å². The van der Waals surface area contributed by atoms with E-state index in [1.165, 1.54) is 6.08 Å². The molecule has 0 aliphatic rings. The minimum Gasteiger partial charge on any atom is -0.324 e. The molecule has 1 nitrogen and oxygen atoms in total. The Morgan fingerprint density at radius 3 is 2.47 bits per heavy atom. The van der Waals surface area contributed by atoms with Crippen molar-refractivity contribution in [3.05, 3.63) is 47.8 Å². The molecule has 0 aromatic heterocycles. The van der Waals surface area contributed by atoms with Crippen molar-refractivity contribution >= 4 is 12.4 Å². The van der Waals surface area contributed by atoms with Crippen LogP contribution in [0.5, 0.6) is 0 Å². The van der Waals surface area contributed by atoms with E-state index in [1.54, 1.807) is 0 Å². The summed E-state index contributed by atoms with van der Waals surface area (Å²) in [5, 5.41) is 0. The van der Waals surface area contributed by atoms with Gasteiger partial charge in [0, 0.05) is 17.7 Å². The van der Waals surface area contributed by atoms with Crippen LogP contribution in [0.15, 0.2) is 24.8 Å². The molecule has 0 unspecified atom stereocenters. The van der Waals surface area contributed by atoms with Gasteiger partial charge in [-0.1, -0.05) is 6.08 Å². The van der Waals surface area contributed by atoms with E-state index >= 15 is 0 Å². The van der Waals surface area contributed by atoms with Gasteiger partial charge in [-0.2, -0.15) is 0 Å². The second kappa shape index (κ2) is 5.78. The van der Waals surface area contributed by atoms with Gasteiger partial charge in [0.1, 0.15) is 5.82 Å². The third-order valence-electron chi connectivity index (χ3n) is 1.84. The van der Waals surface area contributed by atoms with Crippen LogP contribution < -0.4 is 5.73 Å². The zero-order chi connectivity index (χ0) is 10.7. The quantitative estimate of drug-likeness (QED) is 0.635. The van der Waals surface area contributed by atoms with Crippen molar-refractivity contribution in [3.63, 3.8) is 0 Å². The fourth-order valence-electron chi connectivity index (χ4n) is 1.15. The highest BCUT2D eigenvalue weighted by atomic mass is 35.5. The molecule has 1 aromatic carbocycles. The van der Waals surface area contributed by atoms with Crippen LogP contribution >= 0.6 is 12.4 Å². The lowest BCUT2D eigenvalue weighted by Gasteiger charge is -2.10. The van der Waals surface area contributed by atoms with Crippen molar-refractivity contribution in [1.82, 2.24) is 0 Å². The van der Waals surface area contributed by atoms with Crippen LogP contribution in [0.25, 0.3) is 0 Å². The van der Waals surface area contributed by atoms with Gasteiger partial charge in [-0.05, 0) is 12.5 Å². The fraction of sp³-hybridized carbons (Fsp3) is 0.200. The molecule has 0 aliphatic heterocycles. The normalized spacial score (nSPS) is 11.7. The van der Waals surface area contributed by atoms with E-state index < -0.39 is 23.5 Å². The summed E-state index contributed by atoms with van der Waals surface area (Å²) in [7, 11) is 0. The average Bonchev–Trinajstić information content (AvgIpc) is 2.11. The monoisotopic (exact) mass is 237 g/mol. The van der Waals surface area contributed by atoms with E-state index in [0.29, 0.717) is 6.07 Å². The van der Waals surface area contributed by atoms with Crippen LogP contribution in [0.3, 0.4) is 0 Å². The third kappa shape index (κ3) is 3.25. The van der Waals surface area contributed by atoms with Crippen molar-refractivity contribution < 1.29 is 13.2 Å². The summed E-state index contributed by atoms with van der Waals surface area (Å²) >= 11 is 0. The van der Waals surface area contributed by atoms with Gasteiger partial charge in [-0.3, -0.25) is 0 Å². The molecule has 0 saturated carbocycles. The van der Waals surface area contributed by atoms with E-state index in [1.807, 2.05) is 0 Å². The molecule has 84 valence electrons. The Kier molecular flexibility index (Phi) is 5.39. The highest BCUT2D eigenvalue weighted by molar-refractivity contribution is 5.85. The smallest absolute Gasteiger partial charge is 0.163 e. The molecule has 1 rings (SSSR count). The van der Waals surface area contributed by atoms with Gasteiger partial charge in [0.05, 0.1) is 0 Å². The molecular formula is C10H11ClF3N. The van der Waals surface area contributed by atoms with Crippen molar-refractivity contribution in [2.24, 2.45) is 5.73 Å².